The van der Waals surface area contributed by atoms with Gasteiger partial charge >= 0.3 is 12.2 Å². The topological polar surface area (TPSA) is 143 Å². The lowest BCUT2D eigenvalue weighted by molar-refractivity contribution is -0.180. The van der Waals surface area contributed by atoms with Crippen molar-refractivity contribution in [2.24, 2.45) is 5.41 Å². The van der Waals surface area contributed by atoms with Crippen LogP contribution in [0.4, 0.5) is 21.0 Å². The second kappa shape index (κ2) is 16.8. The Balaban J connectivity index is 1.38. The number of ether oxygens (including phenoxy) is 2. The molecule has 10 nitrogen and oxygen atoms in total. The Kier molecular flexibility index (Phi) is 12.2. The van der Waals surface area contributed by atoms with E-state index in [-0.39, 0.29) is 19.2 Å². The summed E-state index contributed by atoms with van der Waals surface area (Å²) in [5.41, 5.74) is 9.80. The number of carbonyl (C=O) groups is 3. The molecule has 1 fully saturated rings. The summed E-state index contributed by atoms with van der Waals surface area (Å²) in [6.07, 6.45) is 0.533. The number of rotatable bonds is 12. The number of hydrogen-bond acceptors (Lipinski definition) is 6. The van der Waals surface area contributed by atoms with Crippen LogP contribution in [0.15, 0.2) is 109 Å². The monoisotopic (exact) mass is 706 g/mol. The predicted octanol–water partition coefficient (Wildman–Crippen LogP) is 7.49. The first-order chi connectivity index (χ1) is 24.9. The van der Waals surface area contributed by atoms with Gasteiger partial charge < -0.3 is 35.8 Å². The minimum absolute atomic E-state index is 0.205. The average molecular weight is 707 g/mol. The van der Waals surface area contributed by atoms with E-state index in [1.54, 1.807) is 0 Å². The number of morpholine rings is 1. The molecule has 1 saturated heterocycles. The highest BCUT2D eigenvalue weighted by molar-refractivity contribution is 5.98. The van der Waals surface area contributed by atoms with Gasteiger partial charge in [0.15, 0.2) is 0 Å². The van der Waals surface area contributed by atoms with Gasteiger partial charge in [-0.15, -0.1) is 0 Å². The summed E-state index contributed by atoms with van der Waals surface area (Å²) in [7, 11) is 1.27. The first-order valence-corrected chi connectivity index (χ1v) is 17.7. The molecule has 10 heteroatoms. The molecule has 3 amide bonds. The zero-order valence-corrected chi connectivity index (χ0v) is 30.4. The molecule has 5 N–H and O–H groups in total. The third kappa shape index (κ3) is 8.92. The van der Waals surface area contributed by atoms with Gasteiger partial charge in [-0.25, -0.2) is 9.59 Å². The number of nitrogens with zero attached hydrogens (tertiary/aromatic N) is 1. The van der Waals surface area contributed by atoms with Crippen molar-refractivity contribution in [2.75, 3.05) is 31.3 Å². The Morgan fingerprint density at radius 3 is 2.04 bits per heavy atom. The van der Waals surface area contributed by atoms with E-state index in [1.807, 2.05) is 109 Å². The van der Waals surface area contributed by atoms with E-state index in [0.29, 0.717) is 37.1 Å². The first-order valence-electron chi connectivity index (χ1n) is 17.7. The van der Waals surface area contributed by atoms with Gasteiger partial charge in [-0.3, -0.25) is 4.79 Å². The summed E-state index contributed by atoms with van der Waals surface area (Å²) in [4.78, 5) is 41.2. The molecule has 1 aliphatic heterocycles. The van der Waals surface area contributed by atoms with Gasteiger partial charge in [0.05, 0.1) is 31.9 Å². The van der Waals surface area contributed by atoms with E-state index in [9.17, 15) is 19.5 Å². The molecule has 5 rings (SSSR count). The van der Waals surface area contributed by atoms with E-state index < -0.39 is 41.1 Å². The fourth-order valence-corrected chi connectivity index (χ4v) is 7.11. The Morgan fingerprint density at radius 2 is 1.46 bits per heavy atom. The highest BCUT2D eigenvalue weighted by Gasteiger charge is 2.49. The quantitative estimate of drug-likeness (QED) is 0.112. The summed E-state index contributed by atoms with van der Waals surface area (Å²) in [5, 5.41) is 16.3. The number of nitrogens with one attached hydrogen (secondary N) is 2. The lowest BCUT2D eigenvalue weighted by Crippen LogP contribution is -2.63. The van der Waals surface area contributed by atoms with Crippen molar-refractivity contribution in [1.82, 2.24) is 10.2 Å². The molecule has 0 saturated carbocycles. The summed E-state index contributed by atoms with van der Waals surface area (Å²) in [5.74, 6) is -0.921. The second-order valence-electron chi connectivity index (χ2n) is 14.4. The Hall–Kier alpha value is -5.35. The maximum absolute atomic E-state index is 14.3. The molecular weight excluding hydrogens is 656 g/mol. The van der Waals surface area contributed by atoms with E-state index in [0.717, 1.165) is 22.3 Å². The Bertz CT molecular complexity index is 1770. The highest BCUT2D eigenvalue weighted by atomic mass is 16.5. The largest absolute Gasteiger partial charge is 0.465 e. The van der Waals surface area contributed by atoms with Crippen molar-refractivity contribution < 1.29 is 29.0 Å². The summed E-state index contributed by atoms with van der Waals surface area (Å²) in [6, 6.07) is 33.0. The number of nitrogen functional groups attached to an aromatic ring is 1. The molecule has 274 valence electrons. The molecule has 4 aromatic rings. The number of amides is 3. The molecule has 4 aromatic carbocycles. The SMILES string of the molecule is COC(=O)N[C@H](C(=O)Nc1ccccc1CC[C@@]1(C(C)(C)C)CN(C(=O)O)[C@H](CCc2ccccc2N)CO1)C(c1ccccc1)c1ccccc1. The highest BCUT2D eigenvalue weighted by Crippen LogP contribution is 2.42. The molecule has 0 radical (unpaired) electrons. The van der Waals surface area contributed by atoms with Crippen molar-refractivity contribution in [1.29, 1.82) is 0 Å². The van der Waals surface area contributed by atoms with Crippen molar-refractivity contribution in [3.63, 3.8) is 0 Å². The zero-order valence-electron chi connectivity index (χ0n) is 30.4. The van der Waals surface area contributed by atoms with Crippen LogP contribution in [0.5, 0.6) is 0 Å². The number of benzene rings is 4. The van der Waals surface area contributed by atoms with Crippen molar-refractivity contribution in [3.05, 3.63) is 131 Å². The summed E-state index contributed by atoms with van der Waals surface area (Å²) >= 11 is 0. The van der Waals surface area contributed by atoms with E-state index in [1.165, 1.54) is 12.0 Å². The maximum Gasteiger partial charge on any atom is 0.407 e. The zero-order chi connectivity index (χ0) is 37.3. The number of para-hydroxylation sites is 2. The Labute approximate surface area is 306 Å². The number of nitrogens with two attached hydrogens (primary N) is 1. The molecule has 52 heavy (non-hydrogen) atoms. The number of methoxy groups -OCH3 is 1. The maximum atomic E-state index is 14.3. The van der Waals surface area contributed by atoms with Gasteiger partial charge in [0, 0.05) is 17.3 Å². The van der Waals surface area contributed by atoms with Crippen LogP contribution in [0, 0.1) is 5.41 Å². The van der Waals surface area contributed by atoms with E-state index in [4.69, 9.17) is 15.2 Å². The lowest BCUT2D eigenvalue weighted by Gasteiger charge is -2.52. The van der Waals surface area contributed by atoms with Crippen molar-refractivity contribution >= 4 is 29.5 Å². The molecular formula is C42H50N4O6. The fourth-order valence-electron chi connectivity index (χ4n) is 7.11. The predicted molar refractivity (Wildman–Crippen MR) is 203 cm³/mol. The van der Waals surface area contributed by atoms with Crippen LogP contribution >= 0.6 is 0 Å². The van der Waals surface area contributed by atoms with Crippen LogP contribution < -0.4 is 16.4 Å². The van der Waals surface area contributed by atoms with Gasteiger partial charge in [0.1, 0.15) is 6.04 Å². The van der Waals surface area contributed by atoms with Crippen LogP contribution in [-0.4, -0.2) is 66.0 Å². The van der Waals surface area contributed by atoms with Gasteiger partial charge in [-0.2, -0.15) is 0 Å². The van der Waals surface area contributed by atoms with Gasteiger partial charge in [-0.05, 0) is 65.5 Å². The molecule has 1 aliphatic rings. The van der Waals surface area contributed by atoms with Crippen LogP contribution in [0.1, 0.15) is 61.8 Å². The van der Waals surface area contributed by atoms with E-state index >= 15 is 0 Å². The number of carbonyl (C=O) groups excluding carboxylic acids is 2. The molecule has 0 unspecified atom stereocenters. The molecule has 0 aromatic heterocycles. The van der Waals surface area contributed by atoms with E-state index in [2.05, 4.69) is 31.4 Å². The molecule has 0 spiro atoms. The Morgan fingerprint density at radius 1 is 0.885 bits per heavy atom. The average Bonchev–Trinajstić information content (AvgIpc) is 3.14. The third-order valence-electron chi connectivity index (χ3n) is 10.3. The van der Waals surface area contributed by atoms with Crippen LogP contribution in [-0.2, 0) is 27.1 Å². The molecule has 3 atom stereocenters. The second-order valence-corrected chi connectivity index (χ2v) is 14.4. The van der Waals surface area contributed by atoms with Crippen LogP contribution in [0.25, 0.3) is 0 Å². The lowest BCUT2D eigenvalue weighted by atomic mass is 9.71. The third-order valence-corrected chi connectivity index (χ3v) is 10.3. The van der Waals surface area contributed by atoms with Gasteiger partial charge in [0.25, 0.3) is 0 Å². The van der Waals surface area contributed by atoms with Crippen LogP contribution in [0.2, 0.25) is 0 Å². The molecule has 0 aliphatic carbocycles. The van der Waals surface area contributed by atoms with Crippen molar-refractivity contribution in [3.8, 4) is 0 Å². The normalized spacial score (nSPS) is 18.0. The fraction of sp³-hybridized carbons (Fsp3) is 0.357. The standard InChI is InChI=1S/C42H50N4O6/c1-41(2,3)42(28-46(40(49)50)33(27-52-42)24-23-29-15-11-13-21-34(29)43)26-25-30-16-12-14-22-35(30)44-38(47)37(45-39(48)51-4)36(31-17-7-5-8-18-31)32-19-9-6-10-20-32/h5-22,33,36-37H,23-28,43H2,1-4H3,(H,44,47)(H,45,48)(H,49,50)/t33-,37+,42+/m1/s1. The molecule has 1 heterocycles. The summed E-state index contributed by atoms with van der Waals surface area (Å²) < 4.78 is 11.7. The number of aryl methyl sites for hydroxylation is 2. The minimum Gasteiger partial charge on any atom is -0.465 e. The smallest absolute Gasteiger partial charge is 0.407 e. The minimum atomic E-state index is -1.01. The number of anilines is 2. The number of carboxylic acid groups (broad SMARTS) is 1. The van der Waals surface area contributed by atoms with Crippen molar-refractivity contribution in [2.45, 2.75) is 70.1 Å². The first kappa shape index (κ1) is 37.9. The van der Waals surface area contributed by atoms with Crippen LogP contribution in [0.3, 0.4) is 0 Å². The molecule has 0 bridgehead atoms. The van der Waals surface area contributed by atoms with Gasteiger partial charge in [0.2, 0.25) is 5.91 Å². The number of hydrogen-bond donors (Lipinski definition) is 4. The number of alkyl carbamates (subject to hydrolysis) is 1. The van der Waals surface area contributed by atoms with Gasteiger partial charge in [-0.1, -0.05) is 118 Å². The summed E-state index contributed by atoms with van der Waals surface area (Å²) in [6.45, 7) is 6.68.